The van der Waals surface area contributed by atoms with Gasteiger partial charge in [0.25, 0.3) is 5.91 Å². The average Bonchev–Trinajstić information content (AvgIpc) is 3.44. The maximum atomic E-state index is 14.6. The minimum atomic E-state index is -0.656. The van der Waals surface area contributed by atoms with Crippen molar-refractivity contribution >= 4 is 23.8 Å². The molecule has 0 spiro atoms. The highest BCUT2D eigenvalue weighted by Gasteiger charge is 2.31. The van der Waals surface area contributed by atoms with Crippen molar-refractivity contribution in [1.29, 1.82) is 0 Å². The second kappa shape index (κ2) is 8.25. The number of hydrogen-bond donors (Lipinski definition) is 1. The van der Waals surface area contributed by atoms with Crippen LogP contribution < -0.4 is 10.2 Å². The number of benzene rings is 1. The van der Waals surface area contributed by atoms with Crippen molar-refractivity contribution in [3.05, 3.63) is 53.6 Å². The number of carbonyl (C=O) groups is 2. The zero-order valence-electron chi connectivity index (χ0n) is 17.5. The fraction of sp³-hybridized carbons (Fsp3) is 0.318. The van der Waals surface area contributed by atoms with Crippen LogP contribution in [-0.2, 0) is 4.79 Å². The van der Waals surface area contributed by atoms with Gasteiger partial charge in [0.15, 0.2) is 5.82 Å². The quantitative estimate of drug-likeness (QED) is 0.586. The molecule has 31 heavy (non-hydrogen) atoms. The summed E-state index contributed by atoms with van der Waals surface area (Å²) >= 11 is 0. The number of nitrogens with zero attached hydrogens (tertiary/aromatic N) is 5. The van der Waals surface area contributed by atoms with Crippen molar-refractivity contribution in [2.75, 3.05) is 10.2 Å². The summed E-state index contributed by atoms with van der Waals surface area (Å²) < 4.78 is 16.5. The predicted molar refractivity (Wildman–Crippen MR) is 114 cm³/mol. The summed E-state index contributed by atoms with van der Waals surface area (Å²) in [5.74, 6) is -0.468. The van der Waals surface area contributed by atoms with E-state index < -0.39 is 11.7 Å². The monoisotopic (exact) mass is 422 g/mol. The maximum Gasteiger partial charge on any atom is 0.259 e. The molecule has 1 aromatic carbocycles. The Kier molecular flexibility index (Phi) is 5.50. The lowest BCUT2D eigenvalue weighted by Gasteiger charge is -2.20. The third-order valence-corrected chi connectivity index (χ3v) is 5.21. The number of rotatable bonds is 7. The second-order valence-corrected chi connectivity index (χ2v) is 7.88. The minimum Gasteiger partial charge on any atom is -0.312 e. The lowest BCUT2D eigenvalue weighted by molar-refractivity contribution is -0.107. The SMILES string of the molecule is Cc1cc(F)c(C(=O)Nc2cccc(-c3nncn3C(C)C)n2)cc1N(C=O)C1CC1. The topological polar surface area (TPSA) is 93.0 Å². The van der Waals surface area contributed by atoms with E-state index in [1.165, 1.54) is 12.1 Å². The molecule has 1 fully saturated rings. The van der Waals surface area contributed by atoms with Crippen LogP contribution in [0.3, 0.4) is 0 Å². The summed E-state index contributed by atoms with van der Waals surface area (Å²) in [5, 5.41) is 10.7. The fourth-order valence-corrected chi connectivity index (χ4v) is 3.42. The Morgan fingerprint density at radius 2 is 2.10 bits per heavy atom. The van der Waals surface area contributed by atoms with E-state index in [2.05, 4.69) is 20.5 Å². The zero-order chi connectivity index (χ0) is 22.1. The van der Waals surface area contributed by atoms with Gasteiger partial charge in [-0.25, -0.2) is 9.37 Å². The van der Waals surface area contributed by atoms with Gasteiger partial charge < -0.3 is 14.8 Å². The summed E-state index contributed by atoms with van der Waals surface area (Å²) in [5.41, 5.74) is 1.53. The molecule has 0 saturated heterocycles. The molecule has 1 saturated carbocycles. The van der Waals surface area contributed by atoms with Gasteiger partial charge in [-0.05, 0) is 63.4 Å². The van der Waals surface area contributed by atoms with Crippen molar-refractivity contribution < 1.29 is 14.0 Å². The van der Waals surface area contributed by atoms with Crippen molar-refractivity contribution in [3.63, 3.8) is 0 Å². The predicted octanol–water partition coefficient (Wildman–Crippen LogP) is 3.75. The van der Waals surface area contributed by atoms with Gasteiger partial charge >= 0.3 is 0 Å². The molecular weight excluding hydrogens is 399 g/mol. The lowest BCUT2D eigenvalue weighted by atomic mass is 10.1. The van der Waals surface area contributed by atoms with Crippen LogP contribution in [0.1, 0.15) is 48.7 Å². The van der Waals surface area contributed by atoms with Crippen LogP contribution in [0.2, 0.25) is 0 Å². The van der Waals surface area contributed by atoms with Crippen LogP contribution in [0.25, 0.3) is 11.5 Å². The Balaban J connectivity index is 1.62. The first-order valence-corrected chi connectivity index (χ1v) is 10.1. The number of aromatic nitrogens is 4. The van der Waals surface area contributed by atoms with E-state index in [4.69, 9.17) is 0 Å². The summed E-state index contributed by atoms with van der Waals surface area (Å²) in [7, 11) is 0. The Bertz CT molecular complexity index is 1140. The van der Waals surface area contributed by atoms with Crippen LogP contribution in [0.15, 0.2) is 36.7 Å². The number of hydrogen-bond acceptors (Lipinski definition) is 5. The van der Waals surface area contributed by atoms with E-state index in [9.17, 15) is 14.0 Å². The molecule has 8 nitrogen and oxygen atoms in total. The van der Waals surface area contributed by atoms with Crippen LogP contribution in [0.5, 0.6) is 0 Å². The molecule has 0 aliphatic heterocycles. The highest BCUT2D eigenvalue weighted by Crippen LogP contribution is 2.33. The van der Waals surface area contributed by atoms with Gasteiger partial charge in [0.05, 0.1) is 5.56 Å². The van der Waals surface area contributed by atoms with Gasteiger partial charge in [-0.2, -0.15) is 0 Å². The summed E-state index contributed by atoms with van der Waals surface area (Å²) in [4.78, 5) is 30.4. The molecule has 1 aliphatic carbocycles. The molecule has 9 heteroatoms. The molecule has 4 rings (SSSR count). The zero-order valence-corrected chi connectivity index (χ0v) is 17.5. The van der Waals surface area contributed by atoms with Gasteiger partial charge in [0.2, 0.25) is 6.41 Å². The molecule has 0 unspecified atom stereocenters. The van der Waals surface area contributed by atoms with Gasteiger partial charge in [0.1, 0.15) is 23.7 Å². The van der Waals surface area contributed by atoms with Crippen LogP contribution >= 0.6 is 0 Å². The van der Waals surface area contributed by atoms with Crippen LogP contribution in [0, 0.1) is 12.7 Å². The normalized spacial score (nSPS) is 13.3. The molecule has 0 atom stereocenters. The summed E-state index contributed by atoms with van der Waals surface area (Å²) in [6.07, 6.45) is 4.15. The van der Waals surface area contributed by atoms with Crippen molar-refractivity contribution in [3.8, 4) is 11.5 Å². The number of halogens is 1. The van der Waals surface area contributed by atoms with Gasteiger partial charge in [0, 0.05) is 17.8 Å². The Morgan fingerprint density at radius 3 is 2.77 bits per heavy atom. The molecule has 160 valence electrons. The first-order valence-electron chi connectivity index (χ1n) is 10.1. The van der Waals surface area contributed by atoms with E-state index >= 15 is 0 Å². The fourth-order valence-electron chi connectivity index (χ4n) is 3.42. The Morgan fingerprint density at radius 1 is 1.32 bits per heavy atom. The smallest absolute Gasteiger partial charge is 0.259 e. The lowest BCUT2D eigenvalue weighted by Crippen LogP contribution is -2.25. The molecule has 2 heterocycles. The van der Waals surface area contributed by atoms with Crippen LogP contribution in [0.4, 0.5) is 15.9 Å². The second-order valence-electron chi connectivity index (χ2n) is 7.88. The van der Waals surface area contributed by atoms with Crippen LogP contribution in [-0.4, -0.2) is 38.1 Å². The third-order valence-electron chi connectivity index (χ3n) is 5.21. The van der Waals surface area contributed by atoms with Gasteiger partial charge in [-0.1, -0.05) is 6.07 Å². The number of amides is 2. The van der Waals surface area contributed by atoms with Gasteiger partial charge in [-0.3, -0.25) is 9.59 Å². The molecule has 3 aromatic rings. The van der Waals surface area contributed by atoms with Gasteiger partial charge in [-0.15, -0.1) is 10.2 Å². The molecule has 2 aromatic heterocycles. The number of carbonyl (C=O) groups excluding carboxylic acids is 2. The summed E-state index contributed by atoms with van der Waals surface area (Å²) in [6, 6.07) is 8.05. The van der Waals surface area contributed by atoms with Crippen molar-refractivity contribution in [1.82, 2.24) is 19.7 Å². The van der Waals surface area contributed by atoms with E-state index in [1.54, 1.807) is 36.4 Å². The third kappa shape index (κ3) is 4.16. The van der Waals surface area contributed by atoms with E-state index in [0.717, 1.165) is 19.3 Å². The molecule has 0 bridgehead atoms. The van der Waals surface area contributed by atoms with Crippen molar-refractivity contribution in [2.24, 2.45) is 0 Å². The summed E-state index contributed by atoms with van der Waals surface area (Å²) in [6.45, 7) is 5.72. The molecule has 2 amide bonds. The highest BCUT2D eigenvalue weighted by molar-refractivity contribution is 6.05. The Hall–Kier alpha value is -3.62. The highest BCUT2D eigenvalue weighted by atomic mass is 19.1. The minimum absolute atomic E-state index is 0.106. The standard InChI is InChI=1S/C22H23FN6O2/c1-13(2)28-11-24-27-21(28)18-5-4-6-20(25-18)26-22(31)16-10-19(14(3)9-17(16)23)29(12-30)15-7-8-15/h4-6,9-13,15H,7-8H2,1-3H3,(H,25,26,31). The number of aryl methyl sites for hydroxylation is 1. The van der Waals surface area contributed by atoms with E-state index in [-0.39, 0.29) is 23.5 Å². The number of pyridine rings is 1. The Labute approximate surface area is 179 Å². The van der Waals surface area contributed by atoms with Crippen molar-refractivity contribution in [2.45, 2.75) is 45.7 Å². The number of nitrogens with one attached hydrogen (secondary N) is 1. The largest absolute Gasteiger partial charge is 0.312 e. The average molecular weight is 422 g/mol. The first-order chi connectivity index (χ1) is 14.9. The molecule has 0 radical (unpaired) electrons. The molecule has 1 N–H and O–H groups in total. The maximum absolute atomic E-state index is 14.6. The van der Waals surface area contributed by atoms with E-state index in [0.29, 0.717) is 22.8 Å². The van der Waals surface area contributed by atoms with E-state index in [1.807, 2.05) is 18.4 Å². The first kappa shape index (κ1) is 20.6. The molecule has 1 aliphatic rings. The molecular formula is C22H23FN6O2. The number of anilines is 2.